The molecular weight excluding hydrogens is 314 g/mol. The molecule has 0 bridgehead atoms. The minimum Gasteiger partial charge on any atom is -0.496 e. The van der Waals surface area contributed by atoms with Crippen LogP contribution in [0.3, 0.4) is 0 Å². The van der Waals surface area contributed by atoms with Gasteiger partial charge in [0.15, 0.2) is 0 Å². The molecule has 3 aliphatic rings. The van der Waals surface area contributed by atoms with Gasteiger partial charge in [0.25, 0.3) is 0 Å². The molecule has 25 heavy (non-hydrogen) atoms. The molecule has 4 atom stereocenters. The Bertz CT molecular complexity index is 606. The van der Waals surface area contributed by atoms with Gasteiger partial charge in [-0.25, -0.2) is 0 Å². The predicted octanol–water partition coefficient (Wildman–Crippen LogP) is 3.34. The van der Waals surface area contributed by atoms with Gasteiger partial charge in [-0.1, -0.05) is 43.9 Å². The summed E-state index contributed by atoms with van der Waals surface area (Å²) in [6.45, 7) is 0.867. The minimum atomic E-state index is 0.171. The van der Waals surface area contributed by atoms with E-state index in [4.69, 9.17) is 9.47 Å². The number of fused-ring (bicyclic) bond motifs is 1. The quantitative estimate of drug-likeness (QED) is 0.862. The molecule has 136 valence electrons. The van der Waals surface area contributed by atoms with E-state index in [1.165, 1.54) is 25.7 Å². The zero-order valence-corrected chi connectivity index (χ0v) is 15.1. The molecule has 2 saturated carbocycles. The van der Waals surface area contributed by atoms with E-state index >= 15 is 0 Å². The van der Waals surface area contributed by atoms with Crippen LogP contribution >= 0.6 is 0 Å². The molecule has 3 fully saturated rings. The number of carbonyl (C=O) groups is 1. The fourth-order valence-corrected chi connectivity index (χ4v) is 5.28. The highest BCUT2D eigenvalue weighted by molar-refractivity contribution is 5.77. The zero-order chi connectivity index (χ0) is 17.2. The largest absolute Gasteiger partial charge is 0.496 e. The number of amides is 1. The number of ether oxygens (including phenoxy) is 2. The van der Waals surface area contributed by atoms with Gasteiger partial charge in [0.2, 0.25) is 5.91 Å². The van der Waals surface area contributed by atoms with Gasteiger partial charge in [0.05, 0.1) is 13.2 Å². The van der Waals surface area contributed by atoms with Crippen molar-refractivity contribution in [2.24, 2.45) is 17.8 Å². The number of carbonyl (C=O) groups excluding carboxylic acids is 1. The molecule has 4 heteroatoms. The van der Waals surface area contributed by atoms with Crippen LogP contribution < -0.4 is 10.1 Å². The molecule has 1 aromatic rings. The summed E-state index contributed by atoms with van der Waals surface area (Å²) in [6.07, 6.45) is 8.05. The first-order valence-electron chi connectivity index (χ1n) is 9.81. The van der Waals surface area contributed by atoms with Gasteiger partial charge in [0, 0.05) is 30.9 Å². The highest BCUT2D eigenvalue weighted by atomic mass is 16.5. The average Bonchev–Trinajstić information content (AvgIpc) is 3.29. The van der Waals surface area contributed by atoms with E-state index in [2.05, 4.69) is 5.32 Å². The molecular formula is C21H29NO3. The van der Waals surface area contributed by atoms with Gasteiger partial charge in [-0.2, -0.15) is 0 Å². The number of aryl methyl sites for hydroxylation is 1. The average molecular weight is 343 g/mol. The van der Waals surface area contributed by atoms with Crippen molar-refractivity contribution in [1.82, 2.24) is 5.32 Å². The third kappa shape index (κ3) is 3.29. The third-order valence-electron chi connectivity index (χ3n) is 6.52. The normalized spacial score (nSPS) is 31.4. The maximum Gasteiger partial charge on any atom is 0.220 e. The fraction of sp³-hybridized carbons (Fsp3) is 0.667. The summed E-state index contributed by atoms with van der Waals surface area (Å²) in [5, 5.41) is 3.36. The second-order valence-electron chi connectivity index (χ2n) is 7.81. The summed E-state index contributed by atoms with van der Waals surface area (Å²) in [7, 11) is 1.68. The predicted molar refractivity (Wildman–Crippen MR) is 96.5 cm³/mol. The highest BCUT2D eigenvalue weighted by Crippen LogP contribution is 2.51. The van der Waals surface area contributed by atoms with Crippen LogP contribution in [0.25, 0.3) is 0 Å². The Balaban J connectivity index is 1.35. The summed E-state index contributed by atoms with van der Waals surface area (Å²) < 4.78 is 11.4. The van der Waals surface area contributed by atoms with Gasteiger partial charge in [-0.3, -0.25) is 4.79 Å². The van der Waals surface area contributed by atoms with Crippen molar-refractivity contribution in [1.29, 1.82) is 0 Å². The number of benzene rings is 1. The number of hydrogen-bond acceptors (Lipinski definition) is 3. The molecule has 4 rings (SSSR count). The lowest BCUT2D eigenvalue weighted by atomic mass is 9.61. The summed E-state index contributed by atoms with van der Waals surface area (Å²) in [5.41, 5.74) is 1.10. The van der Waals surface area contributed by atoms with Crippen molar-refractivity contribution >= 4 is 5.91 Å². The van der Waals surface area contributed by atoms with E-state index in [-0.39, 0.29) is 5.91 Å². The molecule has 4 nitrogen and oxygen atoms in total. The molecule has 0 radical (unpaired) electrons. The van der Waals surface area contributed by atoms with E-state index in [0.717, 1.165) is 36.7 Å². The van der Waals surface area contributed by atoms with Crippen LogP contribution in [0.4, 0.5) is 0 Å². The van der Waals surface area contributed by atoms with Gasteiger partial charge >= 0.3 is 0 Å². The zero-order valence-electron chi connectivity index (χ0n) is 15.1. The molecule has 2 aliphatic carbocycles. The lowest BCUT2D eigenvalue weighted by Gasteiger charge is -2.50. The highest BCUT2D eigenvalue weighted by Gasteiger charge is 2.56. The first kappa shape index (κ1) is 16.9. The number of methoxy groups -OCH3 is 1. The molecule has 1 N–H and O–H groups in total. The Kier molecular flexibility index (Phi) is 4.98. The summed E-state index contributed by atoms with van der Waals surface area (Å²) in [6, 6.07) is 8.29. The standard InChI is InChI=1S/C21H29NO3/c1-24-17-9-5-4-6-14(17)10-11-18(23)22-20-16-12-13-25-21(16)19(20)15-7-2-3-8-15/h4-6,9,15-16,19-21H,2-3,7-8,10-13H2,1H3,(H,22,23)/t16-,19+,20+,21-/m0/s1. The van der Waals surface area contributed by atoms with E-state index in [1.807, 2.05) is 24.3 Å². The smallest absolute Gasteiger partial charge is 0.220 e. The first-order valence-corrected chi connectivity index (χ1v) is 9.81. The van der Waals surface area contributed by atoms with E-state index in [9.17, 15) is 4.79 Å². The third-order valence-corrected chi connectivity index (χ3v) is 6.52. The SMILES string of the molecule is COc1ccccc1CCC(=O)N[C@@H]1[C@@H]2CCO[C@@H]2[C@@H]1C1CCCC1. The Morgan fingerprint density at radius 1 is 1.24 bits per heavy atom. The van der Waals surface area contributed by atoms with Gasteiger partial charge in [-0.05, 0) is 30.4 Å². The van der Waals surface area contributed by atoms with Crippen molar-refractivity contribution in [2.75, 3.05) is 13.7 Å². The fourth-order valence-electron chi connectivity index (χ4n) is 5.28. The minimum absolute atomic E-state index is 0.171. The Morgan fingerprint density at radius 3 is 2.84 bits per heavy atom. The molecule has 1 aliphatic heterocycles. The number of nitrogens with one attached hydrogen (secondary N) is 1. The van der Waals surface area contributed by atoms with Crippen LogP contribution in [0, 0.1) is 17.8 Å². The molecule has 1 aromatic carbocycles. The number of para-hydroxylation sites is 1. The van der Waals surface area contributed by atoms with Crippen molar-refractivity contribution in [3.63, 3.8) is 0 Å². The number of rotatable bonds is 6. The summed E-state index contributed by atoms with van der Waals surface area (Å²) in [5.74, 6) is 2.88. The van der Waals surface area contributed by atoms with Crippen LogP contribution in [0.5, 0.6) is 5.75 Å². The Morgan fingerprint density at radius 2 is 2.04 bits per heavy atom. The maximum atomic E-state index is 12.6. The van der Waals surface area contributed by atoms with Crippen LogP contribution in [0.15, 0.2) is 24.3 Å². The molecule has 1 saturated heterocycles. The first-order chi connectivity index (χ1) is 12.3. The van der Waals surface area contributed by atoms with Gasteiger partial charge in [0.1, 0.15) is 5.75 Å². The van der Waals surface area contributed by atoms with Crippen molar-refractivity contribution in [3.8, 4) is 5.75 Å². The molecule has 1 amide bonds. The van der Waals surface area contributed by atoms with Crippen molar-refractivity contribution in [3.05, 3.63) is 29.8 Å². The molecule has 0 unspecified atom stereocenters. The van der Waals surface area contributed by atoms with Crippen LogP contribution in [0.1, 0.15) is 44.1 Å². The van der Waals surface area contributed by atoms with E-state index in [1.54, 1.807) is 7.11 Å². The van der Waals surface area contributed by atoms with Crippen molar-refractivity contribution < 1.29 is 14.3 Å². The Hall–Kier alpha value is -1.55. The van der Waals surface area contributed by atoms with Crippen molar-refractivity contribution in [2.45, 2.75) is 57.1 Å². The monoisotopic (exact) mass is 343 g/mol. The molecule has 0 aromatic heterocycles. The maximum absolute atomic E-state index is 12.6. The second kappa shape index (κ2) is 7.36. The van der Waals surface area contributed by atoms with E-state index in [0.29, 0.717) is 30.4 Å². The van der Waals surface area contributed by atoms with Crippen LogP contribution in [0.2, 0.25) is 0 Å². The van der Waals surface area contributed by atoms with Gasteiger partial charge < -0.3 is 14.8 Å². The summed E-state index contributed by atoms with van der Waals surface area (Å²) >= 11 is 0. The Labute approximate surface area is 150 Å². The van der Waals surface area contributed by atoms with E-state index < -0.39 is 0 Å². The molecule has 0 spiro atoms. The second-order valence-corrected chi connectivity index (χ2v) is 7.81. The van der Waals surface area contributed by atoms with Crippen LogP contribution in [-0.2, 0) is 16.0 Å². The summed E-state index contributed by atoms with van der Waals surface area (Å²) in [4.78, 5) is 12.6. The topological polar surface area (TPSA) is 47.6 Å². The number of hydrogen-bond donors (Lipinski definition) is 1. The lowest BCUT2D eigenvalue weighted by molar-refractivity contribution is -0.129. The molecule has 1 heterocycles. The van der Waals surface area contributed by atoms with Gasteiger partial charge in [-0.15, -0.1) is 0 Å². The van der Waals surface area contributed by atoms with Crippen LogP contribution in [-0.4, -0.2) is 31.8 Å². The lowest BCUT2D eigenvalue weighted by Crippen LogP contribution is -2.63.